The number of rotatable bonds is 3. The van der Waals surface area contributed by atoms with Crippen LogP contribution < -0.4 is 4.74 Å². The number of halogens is 1. The van der Waals surface area contributed by atoms with Gasteiger partial charge in [-0.05, 0) is 31.0 Å². The van der Waals surface area contributed by atoms with E-state index in [0.717, 1.165) is 35.9 Å². The molecule has 1 fully saturated rings. The quantitative estimate of drug-likeness (QED) is 0.631. The maximum Gasteiger partial charge on any atom is 0.305 e. The molecule has 2 rings (SSSR count). The summed E-state index contributed by atoms with van der Waals surface area (Å²) < 4.78 is 12.2. The Balaban J connectivity index is 2.15. The van der Waals surface area contributed by atoms with Crippen molar-refractivity contribution in [2.24, 2.45) is 0 Å². The average Bonchev–Trinajstić information content (AvgIpc) is 2.65. The molecule has 0 spiro atoms. The summed E-state index contributed by atoms with van der Waals surface area (Å²) in [5, 5.41) is 0. The summed E-state index contributed by atoms with van der Waals surface area (Å²) in [6.45, 7) is 1.42. The first-order chi connectivity index (χ1) is 8.10. The summed E-state index contributed by atoms with van der Waals surface area (Å²) >= 11 is 3.39. The highest BCUT2D eigenvalue weighted by Crippen LogP contribution is 2.36. The molecule has 1 saturated carbocycles. The Bertz CT molecular complexity index is 411. The molecule has 92 valence electrons. The van der Waals surface area contributed by atoms with Gasteiger partial charge in [-0.2, -0.15) is 0 Å². The number of esters is 1. The van der Waals surface area contributed by atoms with Crippen molar-refractivity contribution in [2.75, 3.05) is 0 Å². The molecular weight excluding hydrogens is 284 g/mol. The molecular formula is C13H15BrO3. The first-order valence-corrected chi connectivity index (χ1v) is 6.53. The molecule has 0 bridgehead atoms. The van der Waals surface area contributed by atoms with Gasteiger partial charge in [0.05, 0.1) is 0 Å². The van der Waals surface area contributed by atoms with Crippen LogP contribution in [0.3, 0.4) is 0 Å². The first kappa shape index (κ1) is 12.4. The van der Waals surface area contributed by atoms with Gasteiger partial charge in [-0.1, -0.05) is 22.0 Å². The summed E-state index contributed by atoms with van der Waals surface area (Å²) in [5.74, 6) is -0.323. The Morgan fingerprint density at radius 3 is 2.65 bits per heavy atom. The zero-order chi connectivity index (χ0) is 12.3. The predicted molar refractivity (Wildman–Crippen MR) is 67.7 cm³/mol. The molecule has 0 radical (unpaired) electrons. The topological polar surface area (TPSA) is 35.5 Å². The Labute approximate surface area is 109 Å². The highest BCUT2D eigenvalue weighted by Gasteiger charge is 2.39. The molecule has 0 aliphatic heterocycles. The molecule has 1 aromatic carbocycles. The molecule has 3 nitrogen and oxygen atoms in total. The molecule has 17 heavy (non-hydrogen) atoms. The van der Waals surface area contributed by atoms with Gasteiger partial charge >= 0.3 is 5.97 Å². The van der Waals surface area contributed by atoms with Gasteiger partial charge in [-0.3, -0.25) is 4.79 Å². The largest absolute Gasteiger partial charge is 0.452 e. The Morgan fingerprint density at radius 1 is 1.35 bits per heavy atom. The van der Waals surface area contributed by atoms with E-state index in [0.29, 0.717) is 0 Å². The van der Waals surface area contributed by atoms with Gasteiger partial charge in [0.25, 0.3) is 5.79 Å². The van der Waals surface area contributed by atoms with Gasteiger partial charge in [0.1, 0.15) is 5.75 Å². The van der Waals surface area contributed by atoms with E-state index >= 15 is 0 Å². The molecule has 0 heterocycles. The van der Waals surface area contributed by atoms with Crippen LogP contribution in [0.15, 0.2) is 28.7 Å². The van der Waals surface area contributed by atoms with E-state index in [4.69, 9.17) is 9.47 Å². The number of carbonyl (C=O) groups is 1. The minimum atomic E-state index is -0.757. The maximum atomic E-state index is 11.2. The van der Waals surface area contributed by atoms with Gasteiger partial charge in [0.15, 0.2) is 0 Å². The third-order valence-electron chi connectivity index (χ3n) is 2.80. The van der Waals surface area contributed by atoms with Crippen molar-refractivity contribution in [3.8, 4) is 5.75 Å². The lowest BCUT2D eigenvalue weighted by molar-refractivity contribution is -0.193. The van der Waals surface area contributed by atoms with Crippen molar-refractivity contribution in [2.45, 2.75) is 38.4 Å². The monoisotopic (exact) mass is 298 g/mol. The Kier molecular flexibility index (Phi) is 3.72. The van der Waals surface area contributed by atoms with Gasteiger partial charge in [0, 0.05) is 24.2 Å². The Hall–Kier alpha value is -1.03. The Morgan fingerprint density at radius 2 is 2.06 bits per heavy atom. The summed E-state index contributed by atoms with van der Waals surface area (Å²) in [6.07, 6.45) is 3.58. The van der Waals surface area contributed by atoms with Crippen LogP contribution >= 0.6 is 15.9 Å². The van der Waals surface area contributed by atoms with Crippen LogP contribution in [0.1, 0.15) is 32.6 Å². The summed E-state index contributed by atoms with van der Waals surface area (Å²) in [4.78, 5) is 11.2. The van der Waals surface area contributed by atoms with Crippen molar-refractivity contribution >= 4 is 21.9 Å². The van der Waals surface area contributed by atoms with E-state index in [1.807, 2.05) is 24.3 Å². The molecule has 0 unspecified atom stereocenters. The molecule has 0 N–H and O–H groups in total. The lowest BCUT2D eigenvalue weighted by Gasteiger charge is -2.29. The second-order valence-electron chi connectivity index (χ2n) is 4.27. The zero-order valence-corrected chi connectivity index (χ0v) is 11.3. The fourth-order valence-electron chi connectivity index (χ4n) is 2.15. The third kappa shape index (κ3) is 3.22. The normalized spacial score (nSPS) is 17.8. The van der Waals surface area contributed by atoms with E-state index in [2.05, 4.69) is 15.9 Å². The van der Waals surface area contributed by atoms with E-state index in [9.17, 15) is 4.79 Å². The molecule has 0 saturated heterocycles. The number of benzene rings is 1. The second-order valence-corrected chi connectivity index (χ2v) is 5.19. The molecule has 0 aromatic heterocycles. The van der Waals surface area contributed by atoms with Gasteiger partial charge in [-0.25, -0.2) is 0 Å². The fraction of sp³-hybridized carbons (Fsp3) is 0.462. The van der Waals surface area contributed by atoms with Crippen molar-refractivity contribution in [3.63, 3.8) is 0 Å². The first-order valence-electron chi connectivity index (χ1n) is 5.74. The smallest absolute Gasteiger partial charge is 0.305 e. The number of carbonyl (C=O) groups excluding carboxylic acids is 1. The van der Waals surface area contributed by atoms with E-state index in [1.165, 1.54) is 6.92 Å². The molecule has 1 aliphatic rings. The van der Waals surface area contributed by atoms with Crippen LogP contribution in [0.2, 0.25) is 0 Å². The molecule has 1 aliphatic carbocycles. The van der Waals surface area contributed by atoms with Crippen molar-refractivity contribution < 1.29 is 14.3 Å². The van der Waals surface area contributed by atoms with Crippen molar-refractivity contribution in [1.29, 1.82) is 0 Å². The maximum absolute atomic E-state index is 11.2. The van der Waals surface area contributed by atoms with Gasteiger partial charge in [0.2, 0.25) is 0 Å². The van der Waals surface area contributed by atoms with Crippen molar-refractivity contribution in [3.05, 3.63) is 28.7 Å². The number of hydrogen-bond donors (Lipinski definition) is 0. The van der Waals surface area contributed by atoms with E-state index in [-0.39, 0.29) is 5.97 Å². The SMILES string of the molecule is CC(=O)OC1(Oc2cccc(Br)c2)CCCC1. The average molecular weight is 299 g/mol. The molecule has 0 atom stereocenters. The predicted octanol–water partition coefficient (Wildman–Crippen LogP) is 3.66. The highest BCUT2D eigenvalue weighted by atomic mass is 79.9. The summed E-state index contributed by atoms with van der Waals surface area (Å²) in [5.41, 5.74) is 0. The number of hydrogen-bond acceptors (Lipinski definition) is 3. The van der Waals surface area contributed by atoms with Gasteiger partial charge in [-0.15, -0.1) is 0 Å². The van der Waals surface area contributed by atoms with Crippen LogP contribution in [0.4, 0.5) is 0 Å². The third-order valence-corrected chi connectivity index (χ3v) is 3.29. The molecule has 1 aromatic rings. The van der Waals surface area contributed by atoms with Crippen molar-refractivity contribution in [1.82, 2.24) is 0 Å². The molecule has 4 heteroatoms. The summed E-state index contributed by atoms with van der Waals surface area (Å²) in [6, 6.07) is 7.58. The number of ether oxygens (including phenoxy) is 2. The highest BCUT2D eigenvalue weighted by molar-refractivity contribution is 9.10. The zero-order valence-electron chi connectivity index (χ0n) is 9.74. The minimum Gasteiger partial charge on any atom is -0.452 e. The van der Waals surface area contributed by atoms with Crippen LogP contribution in [0, 0.1) is 0 Å². The van der Waals surface area contributed by atoms with Crippen LogP contribution in [0.25, 0.3) is 0 Å². The lowest BCUT2D eigenvalue weighted by Crippen LogP contribution is -2.37. The minimum absolute atomic E-state index is 0.290. The van der Waals surface area contributed by atoms with Crippen LogP contribution in [-0.2, 0) is 9.53 Å². The van der Waals surface area contributed by atoms with E-state index < -0.39 is 5.79 Å². The standard InChI is InChI=1S/C13H15BrO3/c1-10(15)16-13(7-2-3-8-13)17-12-6-4-5-11(14)9-12/h4-6,9H,2-3,7-8H2,1H3. The fourth-order valence-corrected chi connectivity index (χ4v) is 2.52. The van der Waals surface area contributed by atoms with E-state index in [1.54, 1.807) is 0 Å². The lowest BCUT2D eigenvalue weighted by atomic mass is 10.2. The van der Waals surface area contributed by atoms with Gasteiger partial charge < -0.3 is 9.47 Å². The van der Waals surface area contributed by atoms with Crippen LogP contribution in [0.5, 0.6) is 5.75 Å². The second kappa shape index (κ2) is 5.08. The molecule has 0 amide bonds. The summed E-state index contributed by atoms with van der Waals surface area (Å²) in [7, 11) is 0. The van der Waals surface area contributed by atoms with Crippen LogP contribution in [-0.4, -0.2) is 11.8 Å².